The number of benzene rings is 2. The monoisotopic (exact) mass is 309 g/mol. The van der Waals surface area contributed by atoms with Crippen molar-refractivity contribution in [1.29, 1.82) is 0 Å². The standard InChI is InChI=1S/C19H19NO3/c1-3-20-16-10-9-13(2)11-15(16)19(23,18(20)22)12-17(21)14-7-5-4-6-8-14/h4-11,23H,3,12H2,1-2H3. The van der Waals surface area contributed by atoms with Crippen molar-refractivity contribution in [2.24, 2.45) is 0 Å². The molecule has 0 saturated heterocycles. The summed E-state index contributed by atoms with van der Waals surface area (Å²) in [5.74, 6) is -0.670. The zero-order valence-electron chi connectivity index (χ0n) is 13.2. The molecule has 1 N–H and O–H groups in total. The van der Waals surface area contributed by atoms with Crippen LogP contribution in [-0.4, -0.2) is 23.3 Å². The van der Waals surface area contributed by atoms with Crippen molar-refractivity contribution in [3.05, 3.63) is 65.2 Å². The molecule has 0 radical (unpaired) electrons. The molecule has 1 aliphatic heterocycles. The van der Waals surface area contributed by atoms with E-state index in [2.05, 4.69) is 0 Å². The van der Waals surface area contributed by atoms with Gasteiger partial charge in [-0.1, -0.05) is 48.0 Å². The largest absolute Gasteiger partial charge is 0.375 e. The zero-order chi connectivity index (χ0) is 16.6. The van der Waals surface area contributed by atoms with Crippen LogP contribution in [0, 0.1) is 6.92 Å². The first-order valence-electron chi connectivity index (χ1n) is 7.71. The molecule has 2 aromatic carbocycles. The van der Waals surface area contributed by atoms with Crippen molar-refractivity contribution in [3.63, 3.8) is 0 Å². The van der Waals surface area contributed by atoms with Crippen molar-refractivity contribution >= 4 is 17.4 Å². The molecule has 4 heteroatoms. The number of nitrogens with zero attached hydrogens (tertiary/aromatic N) is 1. The molecule has 1 heterocycles. The molecule has 0 aliphatic carbocycles. The zero-order valence-corrected chi connectivity index (χ0v) is 13.2. The van der Waals surface area contributed by atoms with Gasteiger partial charge in [-0.3, -0.25) is 9.59 Å². The number of likely N-dealkylation sites (N-methyl/N-ethyl adjacent to an activating group) is 1. The van der Waals surface area contributed by atoms with Crippen LogP contribution in [0.1, 0.15) is 34.8 Å². The average Bonchev–Trinajstić information content (AvgIpc) is 2.76. The van der Waals surface area contributed by atoms with E-state index in [4.69, 9.17) is 0 Å². The van der Waals surface area contributed by atoms with E-state index in [9.17, 15) is 14.7 Å². The summed E-state index contributed by atoms with van der Waals surface area (Å²) in [6.45, 7) is 4.21. The Morgan fingerprint density at radius 3 is 2.52 bits per heavy atom. The fraction of sp³-hybridized carbons (Fsp3) is 0.263. The highest BCUT2D eigenvalue weighted by Gasteiger charge is 2.50. The molecule has 0 fully saturated rings. The summed E-state index contributed by atoms with van der Waals surface area (Å²) in [7, 11) is 0. The minimum absolute atomic E-state index is 0.244. The van der Waals surface area contributed by atoms with Crippen LogP contribution in [0.2, 0.25) is 0 Å². The van der Waals surface area contributed by atoms with Gasteiger partial charge in [0.2, 0.25) is 0 Å². The number of hydrogen-bond donors (Lipinski definition) is 1. The van der Waals surface area contributed by atoms with Crippen molar-refractivity contribution in [1.82, 2.24) is 0 Å². The predicted octanol–water partition coefficient (Wildman–Crippen LogP) is 2.82. The number of Topliss-reactive ketones (excluding diaryl/α,β-unsaturated/α-hetero) is 1. The smallest absolute Gasteiger partial charge is 0.264 e. The molecule has 1 unspecified atom stereocenters. The number of aryl methyl sites for hydroxylation is 1. The molecule has 23 heavy (non-hydrogen) atoms. The highest BCUT2D eigenvalue weighted by Crippen LogP contribution is 2.43. The minimum atomic E-state index is -1.79. The molecule has 1 amide bonds. The maximum Gasteiger partial charge on any atom is 0.264 e. The van der Waals surface area contributed by atoms with Crippen molar-refractivity contribution in [2.45, 2.75) is 25.9 Å². The Kier molecular flexibility index (Phi) is 3.78. The van der Waals surface area contributed by atoms with Crippen molar-refractivity contribution < 1.29 is 14.7 Å². The second-order valence-corrected chi connectivity index (χ2v) is 5.90. The highest BCUT2D eigenvalue weighted by molar-refractivity contribution is 6.10. The third kappa shape index (κ3) is 2.45. The fourth-order valence-electron chi connectivity index (χ4n) is 3.11. The maximum absolute atomic E-state index is 12.7. The van der Waals surface area contributed by atoms with Gasteiger partial charge in [-0.15, -0.1) is 0 Å². The van der Waals surface area contributed by atoms with E-state index in [1.54, 1.807) is 30.3 Å². The average molecular weight is 309 g/mol. The molecule has 0 bridgehead atoms. The Hall–Kier alpha value is -2.46. The van der Waals surface area contributed by atoms with E-state index in [1.807, 2.05) is 32.0 Å². The van der Waals surface area contributed by atoms with Gasteiger partial charge in [0.15, 0.2) is 11.4 Å². The molecule has 4 nitrogen and oxygen atoms in total. The first-order chi connectivity index (χ1) is 11.0. The summed E-state index contributed by atoms with van der Waals surface area (Å²) in [5, 5.41) is 11.1. The molecule has 1 aliphatic rings. The minimum Gasteiger partial charge on any atom is -0.375 e. The SMILES string of the molecule is CCN1C(=O)C(O)(CC(=O)c2ccccc2)c2cc(C)ccc21. The number of anilines is 1. The number of aliphatic hydroxyl groups is 1. The molecular weight excluding hydrogens is 290 g/mol. The van der Waals surface area contributed by atoms with Crippen LogP contribution in [0.15, 0.2) is 48.5 Å². The quantitative estimate of drug-likeness (QED) is 0.884. The first-order valence-corrected chi connectivity index (χ1v) is 7.71. The van der Waals surface area contributed by atoms with Crippen LogP contribution in [0.3, 0.4) is 0 Å². The summed E-state index contributed by atoms with van der Waals surface area (Å²) in [4.78, 5) is 26.8. The van der Waals surface area contributed by atoms with Gasteiger partial charge in [0, 0.05) is 17.7 Å². The lowest BCUT2D eigenvalue weighted by Crippen LogP contribution is -2.41. The molecular formula is C19H19NO3. The van der Waals surface area contributed by atoms with Crippen LogP contribution in [0.25, 0.3) is 0 Å². The molecule has 2 aromatic rings. The second kappa shape index (κ2) is 5.63. The van der Waals surface area contributed by atoms with E-state index in [0.717, 1.165) is 5.56 Å². The predicted molar refractivity (Wildman–Crippen MR) is 88.5 cm³/mol. The maximum atomic E-state index is 12.7. The first kappa shape index (κ1) is 15.4. The van der Waals surface area contributed by atoms with E-state index < -0.39 is 11.5 Å². The van der Waals surface area contributed by atoms with Crippen LogP contribution >= 0.6 is 0 Å². The lowest BCUT2D eigenvalue weighted by Gasteiger charge is -2.22. The van der Waals surface area contributed by atoms with E-state index in [1.165, 1.54) is 4.90 Å². The van der Waals surface area contributed by atoms with Gasteiger partial charge < -0.3 is 10.0 Å². The second-order valence-electron chi connectivity index (χ2n) is 5.90. The van der Waals surface area contributed by atoms with E-state index in [0.29, 0.717) is 23.4 Å². The molecule has 0 saturated carbocycles. The van der Waals surface area contributed by atoms with Gasteiger partial charge in [-0.25, -0.2) is 0 Å². The molecule has 0 spiro atoms. The van der Waals surface area contributed by atoms with Crippen molar-refractivity contribution in [2.75, 3.05) is 11.4 Å². The molecule has 0 aromatic heterocycles. The van der Waals surface area contributed by atoms with Crippen LogP contribution < -0.4 is 4.90 Å². The summed E-state index contributed by atoms with van der Waals surface area (Å²) in [6, 6.07) is 14.3. The van der Waals surface area contributed by atoms with Crippen LogP contribution in [0.5, 0.6) is 0 Å². The Morgan fingerprint density at radius 1 is 1.17 bits per heavy atom. The molecule has 3 rings (SSSR count). The van der Waals surface area contributed by atoms with E-state index >= 15 is 0 Å². The molecule has 1 atom stereocenters. The molecule has 118 valence electrons. The number of amides is 1. The van der Waals surface area contributed by atoms with Gasteiger partial charge in [-0.05, 0) is 19.9 Å². The number of rotatable bonds is 4. The van der Waals surface area contributed by atoms with Crippen LogP contribution in [0.4, 0.5) is 5.69 Å². The van der Waals surface area contributed by atoms with Crippen LogP contribution in [-0.2, 0) is 10.4 Å². The van der Waals surface area contributed by atoms with Gasteiger partial charge >= 0.3 is 0 Å². The van der Waals surface area contributed by atoms with Gasteiger partial charge in [-0.2, -0.15) is 0 Å². The summed E-state index contributed by atoms with van der Waals surface area (Å²) in [5.41, 5.74) is 0.864. The Morgan fingerprint density at radius 2 is 1.87 bits per heavy atom. The van der Waals surface area contributed by atoms with E-state index in [-0.39, 0.29) is 12.2 Å². The fourth-order valence-corrected chi connectivity index (χ4v) is 3.11. The third-order valence-corrected chi connectivity index (χ3v) is 4.32. The number of fused-ring (bicyclic) bond motifs is 1. The number of hydrogen-bond acceptors (Lipinski definition) is 3. The Bertz CT molecular complexity index is 769. The lowest BCUT2D eigenvalue weighted by molar-refractivity contribution is -0.135. The van der Waals surface area contributed by atoms with Crippen molar-refractivity contribution in [3.8, 4) is 0 Å². The number of carbonyl (C=O) groups excluding carboxylic acids is 2. The lowest BCUT2D eigenvalue weighted by atomic mass is 9.87. The Balaban J connectivity index is 2.02. The number of carbonyl (C=O) groups is 2. The highest BCUT2D eigenvalue weighted by atomic mass is 16.3. The number of ketones is 1. The summed E-state index contributed by atoms with van der Waals surface area (Å²) < 4.78 is 0. The normalized spacial score (nSPS) is 19.8. The van der Waals surface area contributed by atoms with Gasteiger partial charge in [0.05, 0.1) is 12.1 Å². The summed E-state index contributed by atoms with van der Waals surface area (Å²) in [6.07, 6.45) is -0.247. The summed E-state index contributed by atoms with van der Waals surface area (Å²) >= 11 is 0. The van der Waals surface area contributed by atoms with Gasteiger partial charge in [0.1, 0.15) is 0 Å². The third-order valence-electron chi connectivity index (χ3n) is 4.32. The Labute approximate surface area is 135 Å². The topological polar surface area (TPSA) is 57.6 Å². The van der Waals surface area contributed by atoms with Gasteiger partial charge in [0.25, 0.3) is 5.91 Å².